The largest absolute Gasteiger partial charge is 0.383 e. The highest BCUT2D eigenvalue weighted by atomic mass is 79.9. The van der Waals surface area contributed by atoms with Gasteiger partial charge in [-0.15, -0.1) is 0 Å². The van der Waals surface area contributed by atoms with Crippen LogP contribution >= 0.6 is 15.9 Å². The molecule has 0 unspecified atom stereocenters. The van der Waals surface area contributed by atoms with Crippen LogP contribution in [0.25, 0.3) is 0 Å². The van der Waals surface area contributed by atoms with Gasteiger partial charge in [0, 0.05) is 11.8 Å². The predicted octanol–water partition coefficient (Wildman–Crippen LogP) is 2.43. The molecule has 0 atom stereocenters. The first-order valence-electron chi connectivity index (χ1n) is 3.65. The molecule has 0 aliphatic carbocycles. The average molecular weight is 262 g/mol. The van der Waals surface area contributed by atoms with Crippen LogP contribution in [0.1, 0.15) is 17.6 Å². The number of rotatable bonds is 2. The van der Waals surface area contributed by atoms with Crippen LogP contribution in [0.15, 0.2) is 10.7 Å². The number of hydrogen-bond acceptors (Lipinski definition) is 3. The molecule has 74 valence electrons. The van der Waals surface area contributed by atoms with E-state index in [1.54, 1.807) is 6.07 Å². The van der Waals surface area contributed by atoms with E-state index >= 15 is 0 Å². The van der Waals surface area contributed by atoms with Crippen LogP contribution in [0.2, 0.25) is 0 Å². The molecule has 0 saturated heterocycles. The van der Waals surface area contributed by atoms with E-state index in [1.807, 2.05) is 0 Å². The molecular formula is C8H6BrF2N3. The van der Waals surface area contributed by atoms with Crippen molar-refractivity contribution in [3.05, 3.63) is 21.8 Å². The second-order valence-corrected chi connectivity index (χ2v) is 3.32. The molecular weight excluding hydrogens is 256 g/mol. The van der Waals surface area contributed by atoms with Gasteiger partial charge in [0.2, 0.25) is 0 Å². The average Bonchev–Trinajstić information content (AvgIpc) is 2.11. The molecule has 1 heterocycles. The Morgan fingerprint density at radius 3 is 2.79 bits per heavy atom. The van der Waals surface area contributed by atoms with Crippen LogP contribution in [0.4, 0.5) is 14.6 Å². The highest BCUT2D eigenvalue weighted by molar-refractivity contribution is 9.10. The highest BCUT2D eigenvalue weighted by Gasteiger charge is 2.19. The fourth-order valence-corrected chi connectivity index (χ4v) is 1.54. The molecule has 0 aromatic carbocycles. The summed E-state index contributed by atoms with van der Waals surface area (Å²) in [6.07, 6.45) is -1.57. The van der Waals surface area contributed by atoms with Crippen molar-refractivity contribution >= 4 is 21.7 Å². The molecule has 0 spiro atoms. The third-order valence-corrected chi connectivity index (χ3v) is 2.49. The van der Waals surface area contributed by atoms with Crippen molar-refractivity contribution in [1.82, 2.24) is 4.98 Å². The third-order valence-electron chi connectivity index (χ3n) is 1.65. The van der Waals surface area contributed by atoms with Crippen LogP contribution in [0.5, 0.6) is 0 Å². The van der Waals surface area contributed by atoms with Crippen molar-refractivity contribution < 1.29 is 8.78 Å². The monoisotopic (exact) mass is 261 g/mol. The van der Waals surface area contributed by atoms with Crippen LogP contribution in [0.3, 0.4) is 0 Å². The van der Waals surface area contributed by atoms with Crippen LogP contribution in [-0.2, 0) is 6.42 Å². The normalized spacial score (nSPS) is 10.2. The van der Waals surface area contributed by atoms with Gasteiger partial charge in [-0.2, -0.15) is 5.26 Å². The summed E-state index contributed by atoms with van der Waals surface area (Å²) >= 11 is 2.92. The molecule has 0 radical (unpaired) electrons. The lowest BCUT2D eigenvalue weighted by molar-refractivity contribution is 0.149. The summed E-state index contributed by atoms with van der Waals surface area (Å²) in [7, 11) is 0. The molecule has 0 fully saturated rings. The lowest BCUT2D eigenvalue weighted by Crippen LogP contribution is -2.01. The van der Waals surface area contributed by atoms with Crippen molar-refractivity contribution in [3.63, 3.8) is 0 Å². The number of anilines is 1. The fourth-order valence-electron chi connectivity index (χ4n) is 1.01. The van der Waals surface area contributed by atoms with E-state index in [0.29, 0.717) is 0 Å². The van der Waals surface area contributed by atoms with Gasteiger partial charge >= 0.3 is 0 Å². The molecule has 14 heavy (non-hydrogen) atoms. The zero-order valence-corrected chi connectivity index (χ0v) is 8.55. The second kappa shape index (κ2) is 4.33. The van der Waals surface area contributed by atoms with E-state index < -0.39 is 6.43 Å². The standard InChI is InChI=1S/C8H6BrF2N3/c9-6-5(7(10)11)4(1-2-12)3-14-8(6)13/h3,7H,1H2,(H2,13,14). The summed E-state index contributed by atoms with van der Waals surface area (Å²) in [6, 6.07) is 1.79. The molecule has 1 aromatic rings. The lowest BCUT2D eigenvalue weighted by Gasteiger charge is -2.09. The van der Waals surface area contributed by atoms with E-state index in [2.05, 4.69) is 20.9 Å². The van der Waals surface area contributed by atoms with E-state index in [-0.39, 0.29) is 27.8 Å². The fraction of sp³-hybridized carbons (Fsp3) is 0.250. The van der Waals surface area contributed by atoms with E-state index in [0.717, 1.165) is 0 Å². The Morgan fingerprint density at radius 2 is 2.29 bits per heavy atom. The van der Waals surface area contributed by atoms with Gasteiger partial charge in [0.25, 0.3) is 6.43 Å². The molecule has 0 saturated carbocycles. The Hall–Kier alpha value is -1.22. The maximum absolute atomic E-state index is 12.6. The van der Waals surface area contributed by atoms with Gasteiger partial charge < -0.3 is 5.73 Å². The van der Waals surface area contributed by atoms with Crippen molar-refractivity contribution in [1.29, 1.82) is 5.26 Å². The summed E-state index contributed by atoms with van der Waals surface area (Å²) in [5.41, 5.74) is 5.30. The molecule has 0 aliphatic heterocycles. The number of hydrogen-bond donors (Lipinski definition) is 1. The molecule has 3 nitrogen and oxygen atoms in total. The van der Waals surface area contributed by atoms with Crippen molar-refractivity contribution in [2.45, 2.75) is 12.8 Å². The smallest absolute Gasteiger partial charge is 0.265 e. The first-order chi connectivity index (χ1) is 6.57. The van der Waals surface area contributed by atoms with Crippen molar-refractivity contribution in [2.75, 3.05) is 5.73 Å². The van der Waals surface area contributed by atoms with Gasteiger partial charge in [0.05, 0.1) is 17.0 Å². The number of pyridine rings is 1. The Morgan fingerprint density at radius 1 is 1.64 bits per heavy atom. The Balaban J connectivity index is 3.31. The minimum Gasteiger partial charge on any atom is -0.383 e. The Bertz CT molecular complexity index is 387. The number of aromatic nitrogens is 1. The van der Waals surface area contributed by atoms with E-state index in [1.165, 1.54) is 6.20 Å². The molecule has 1 rings (SSSR count). The number of halogens is 3. The summed E-state index contributed by atoms with van der Waals surface area (Å²) in [5.74, 6) is 0.00184. The number of nitrogen functional groups attached to an aromatic ring is 1. The van der Waals surface area contributed by atoms with Crippen molar-refractivity contribution in [2.24, 2.45) is 0 Å². The topological polar surface area (TPSA) is 62.7 Å². The van der Waals surface area contributed by atoms with Gasteiger partial charge in [0.15, 0.2) is 0 Å². The quantitative estimate of drug-likeness (QED) is 0.890. The van der Waals surface area contributed by atoms with Gasteiger partial charge in [-0.25, -0.2) is 13.8 Å². The maximum atomic E-state index is 12.6. The third kappa shape index (κ3) is 1.99. The number of nitriles is 1. The molecule has 6 heteroatoms. The summed E-state index contributed by atoms with van der Waals surface area (Å²) in [4.78, 5) is 3.69. The first-order valence-corrected chi connectivity index (χ1v) is 4.45. The number of alkyl halides is 2. The predicted molar refractivity (Wildman–Crippen MR) is 50.6 cm³/mol. The SMILES string of the molecule is N#CCc1cnc(N)c(Br)c1C(F)F. The van der Waals surface area contributed by atoms with E-state index in [9.17, 15) is 8.78 Å². The second-order valence-electron chi connectivity index (χ2n) is 2.53. The van der Waals surface area contributed by atoms with Gasteiger partial charge in [0.1, 0.15) is 5.82 Å². The van der Waals surface area contributed by atoms with Gasteiger partial charge in [-0.3, -0.25) is 0 Å². The molecule has 0 aliphatic rings. The van der Waals surface area contributed by atoms with Crippen LogP contribution in [0, 0.1) is 11.3 Å². The molecule has 1 aromatic heterocycles. The minimum atomic E-state index is -2.67. The number of nitrogens with zero attached hydrogens (tertiary/aromatic N) is 2. The van der Waals surface area contributed by atoms with Crippen LogP contribution < -0.4 is 5.73 Å². The molecule has 2 N–H and O–H groups in total. The zero-order chi connectivity index (χ0) is 10.7. The van der Waals surface area contributed by atoms with Gasteiger partial charge in [-0.05, 0) is 21.5 Å². The zero-order valence-electron chi connectivity index (χ0n) is 6.97. The molecule has 0 amide bonds. The van der Waals surface area contributed by atoms with E-state index in [4.69, 9.17) is 11.0 Å². The highest BCUT2D eigenvalue weighted by Crippen LogP contribution is 2.33. The van der Waals surface area contributed by atoms with Crippen LogP contribution in [-0.4, -0.2) is 4.98 Å². The maximum Gasteiger partial charge on any atom is 0.265 e. The first kappa shape index (κ1) is 10.9. The summed E-state index contributed by atoms with van der Waals surface area (Å²) < 4.78 is 25.2. The summed E-state index contributed by atoms with van der Waals surface area (Å²) in [6.45, 7) is 0. The Labute approximate surface area is 87.7 Å². The molecule has 0 bridgehead atoms. The lowest BCUT2D eigenvalue weighted by atomic mass is 10.1. The van der Waals surface area contributed by atoms with Gasteiger partial charge in [-0.1, -0.05) is 0 Å². The Kier molecular flexibility index (Phi) is 3.36. The minimum absolute atomic E-state index is 0.00184. The summed E-state index contributed by atoms with van der Waals surface area (Å²) in [5, 5.41) is 8.42. The van der Waals surface area contributed by atoms with Crippen molar-refractivity contribution in [3.8, 4) is 6.07 Å². The number of nitrogens with two attached hydrogens (primary N) is 1.